The summed E-state index contributed by atoms with van der Waals surface area (Å²) in [5.41, 5.74) is 6.14. The molecule has 2 nitrogen and oxygen atoms in total. The minimum Gasteiger partial charge on any atom is -0.358 e. The molecule has 0 radical (unpaired) electrons. The van der Waals surface area contributed by atoms with Crippen molar-refractivity contribution in [2.45, 2.75) is 26.7 Å². The van der Waals surface area contributed by atoms with E-state index >= 15 is 0 Å². The third-order valence-electron chi connectivity index (χ3n) is 4.14. The first-order chi connectivity index (χ1) is 10.6. The standard InChI is InChI=1S/C20H21N2.2CH3.Pt/c1-15-12-13-19(16(2)14-15)22(3)20-11-7-10-18(21-20)17-8-5-4-6-9-17;;;/h4-8,10-11,14H,12-13H2,1-3H3;2*1H3;/q3*-1;. The average molecular weight is 515 g/mol. The largest absolute Gasteiger partial charge is 0.358 e. The second kappa shape index (κ2) is 10.4. The number of nitrogens with zero attached hydrogens (tertiary/aromatic N) is 2. The van der Waals surface area contributed by atoms with E-state index in [0.717, 1.165) is 29.9 Å². The fourth-order valence-electron chi connectivity index (χ4n) is 2.92. The molecule has 0 unspecified atom stereocenters. The number of hydrogen-bond donors (Lipinski definition) is 0. The van der Waals surface area contributed by atoms with E-state index in [1.54, 1.807) is 0 Å². The molecule has 0 atom stereocenters. The predicted molar refractivity (Wildman–Crippen MR) is 105 cm³/mol. The molecular formula is C22H27N2Pt-3. The molecule has 2 aromatic rings. The number of anilines is 1. The van der Waals surface area contributed by atoms with E-state index in [0.29, 0.717) is 0 Å². The zero-order valence-electron chi connectivity index (χ0n) is 15.7. The summed E-state index contributed by atoms with van der Waals surface area (Å²) in [7, 11) is 2.11. The third-order valence-corrected chi connectivity index (χ3v) is 4.14. The molecule has 1 aliphatic rings. The number of allylic oxidation sites excluding steroid dienone is 4. The zero-order chi connectivity index (χ0) is 15.5. The Balaban J connectivity index is 0.00000192. The Kier molecular flexibility index (Phi) is 9.67. The molecule has 0 amide bonds. The summed E-state index contributed by atoms with van der Waals surface area (Å²) in [6.07, 6.45) is 4.49. The summed E-state index contributed by atoms with van der Waals surface area (Å²) in [6, 6.07) is 17.4. The van der Waals surface area contributed by atoms with E-state index in [1.165, 1.54) is 16.8 Å². The van der Waals surface area contributed by atoms with Gasteiger partial charge in [-0.1, -0.05) is 23.8 Å². The smallest absolute Gasteiger partial charge is 0.123 e. The molecule has 0 spiro atoms. The van der Waals surface area contributed by atoms with Gasteiger partial charge in [0.25, 0.3) is 0 Å². The quantitative estimate of drug-likeness (QED) is 0.475. The van der Waals surface area contributed by atoms with Gasteiger partial charge in [-0.2, -0.15) is 0 Å². The van der Waals surface area contributed by atoms with Crippen LogP contribution in [0.1, 0.15) is 26.7 Å². The Morgan fingerprint density at radius 3 is 2.40 bits per heavy atom. The van der Waals surface area contributed by atoms with Crippen LogP contribution in [0.4, 0.5) is 5.82 Å². The number of rotatable bonds is 3. The first kappa shape index (κ1) is 23.3. The summed E-state index contributed by atoms with van der Waals surface area (Å²) < 4.78 is 0. The van der Waals surface area contributed by atoms with Crippen LogP contribution in [-0.4, -0.2) is 12.0 Å². The summed E-state index contributed by atoms with van der Waals surface area (Å²) in [6.45, 7) is 4.38. The van der Waals surface area contributed by atoms with E-state index in [2.05, 4.69) is 50.1 Å². The van der Waals surface area contributed by atoms with Crippen molar-refractivity contribution in [2.24, 2.45) is 0 Å². The monoisotopic (exact) mass is 514 g/mol. The van der Waals surface area contributed by atoms with Gasteiger partial charge < -0.3 is 19.8 Å². The van der Waals surface area contributed by atoms with Gasteiger partial charge in [0.15, 0.2) is 0 Å². The average Bonchev–Trinajstić information content (AvgIpc) is 2.55. The molecule has 1 aromatic heterocycles. The van der Waals surface area contributed by atoms with Crippen LogP contribution in [0.3, 0.4) is 0 Å². The van der Waals surface area contributed by atoms with E-state index in [-0.39, 0.29) is 35.9 Å². The molecule has 0 aliphatic heterocycles. The minimum absolute atomic E-state index is 0. The fourth-order valence-corrected chi connectivity index (χ4v) is 2.92. The number of aromatic nitrogens is 1. The van der Waals surface area contributed by atoms with E-state index in [1.807, 2.05) is 30.3 Å². The van der Waals surface area contributed by atoms with Crippen molar-refractivity contribution in [3.8, 4) is 11.3 Å². The van der Waals surface area contributed by atoms with E-state index < -0.39 is 0 Å². The third kappa shape index (κ3) is 5.41. The van der Waals surface area contributed by atoms with Crippen LogP contribution in [0.25, 0.3) is 11.3 Å². The van der Waals surface area contributed by atoms with Crippen molar-refractivity contribution in [2.75, 3.05) is 11.9 Å². The van der Waals surface area contributed by atoms with Crippen molar-refractivity contribution >= 4 is 5.82 Å². The first-order valence-corrected chi connectivity index (χ1v) is 7.70. The normalized spacial score (nSPS) is 13.0. The van der Waals surface area contributed by atoms with Crippen molar-refractivity contribution in [3.05, 3.63) is 86.3 Å². The molecule has 3 rings (SSSR count). The molecule has 0 saturated heterocycles. The Hall–Kier alpha value is -1.66. The molecule has 0 bridgehead atoms. The predicted octanol–water partition coefficient (Wildman–Crippen LogP) is 5.90. The molecule has 1 aromatic carbocycles. The topological polar surface area (TPSA) is 16.1 Å². The van der Waals surface area contributed by atoms with Crippen LogP contribution in [0, 0.1) is 20.9 Å². The summed E-state index contributed by atoms with van der Waals surface area (Å²) in [5.74, 6) is 0.983. The molecular weight excluding hydrogens is 487 g/mol. The fraction of sp³-hybridized carbons (Fsp3) is 0.227. The maximum Gasteiger partial charge on any atom is 0.123 e. The SMILES string of the molecule is CC1=CC(C)=C(N(C)c2cccc(-c3[c-]cccc3)n2)CC1.[CH3-].[CH3-].[Pt]. The molecule has 25 heavy (non-hydrogen) atoms. The van der Waals surface area contributed by atoms with Gasteiger partial charge in [-0.25, -0.2) is 0 Å². The van der Waals surface area contributed by atoms with Gasteiger partial charge >= 0.3 is 0 Å². The Morgan fingerprint density at radius 2 is 1.76 bits per heavy atom. The van der Waals surface area contributed by atoms with Crippen LogP contribution < -0.4 is 4.90 Å². The van der Waals surface area contributed by atoms with Crippen LogP contribution in [0.5, 0.6) is 0 Å². The maximum atomic E-state index is 4.81. The van der Waals surface area contributed by atoms with Crippen molar-refractivity contribution in [1.29, 1.82) is 0 Å². The van der Waals surface area contributed by atoms with Crippen LogP contribution >= 0.6 is 0 Å². The van der Waals surface area contributed by atoms with Crippen molar-refractivity contribution in [3.63, 3.8) is 0 Å². The number of pyridine rings is 1. The Bertz CT molecular complexity index is 733. The van der Waals surface area contributed by atoms with Gasteiger partial charge in [0, 0.05) is 33.8 Å². The molecule has 0 N–H and O–H groups in total. The molecule has 1 aliphatic carbocycles. The van der Waals surface area contributed by atoms with Crippen LogP contribution in [-0.2, 0) is 21.1 Å². The molecule has 1 heterocycles. The Morgan fingerprint density at radius 1 is 1.00 bits per heavy atom. The second-order valence-electron chi connectivity index (χ2n) is 5.84. The first-order valence-electron chi connectivity index (χ1n) is 7.70. The van der Waals surface area contributed by atoms with Crippen molar-refractivity contribution < 1.29 is 21.1 Å². The molecule has 3 heteroatoms. The van der Waals surface area contributed by atoms with Gasteiger partial charge in [0.05, 0.1) is 0 Å². The summed E-state index contributed by atoms with van der Waals surface area (Å²) in [4.78, 5) is 7.02. The second-order valence-corrected chi connectivity index (χ2v) is 5.84. The maximum absolute atomic E-state index is 4.81. The number of benzene rings is 1. The van der Waals surface area contributed by atoms with Crippen molar-refractivity contribution in [1.82, 2.24) is 4.98 Å². The summed E-state index contributed by atoms with van der Waals surface area (Å²) in [5, 5.41) is 0. The number of hydrogen-bond acceptors (Lipinski definition) is 2. The molecule has 0 saturated carbocycles. The summed E-state index contributed by atoms with van der Waals surface area (Å²) >= 11 is 0. The minimum atomic E-state index is 0. The zero-order valence-corrected chi connectivity index (χ0v) is 18.0. The van der Waals surface area contributed by atoms with Gasteiger partial charge in [0.2, 0.25) is 0 Å². The van der Waals surface area contributed by atoms with E-state index in [9.17, 15) is 0 Å². The molecule has 0 fully saturated rings. The van der Waals surface area contributed by atoms with Crippen LogP contribution in [0.2, 0.25) is 0 Å². The Labute approximate surface area is 167 Å². The van der Waals surface area contributed by atoms with E-state index in [4.69, 9.17) is 4.98 Å². The van der Waals surface area contributed by atoms with Gasteiger partial charge in [-0.05, 0) is 44.0 Å². The van der Waals surface area contributed by atoms with Gasteiger partial charge in [-0.3, -0.25) is 4.98 Å². The van der Waals surface area contributed by atoms with Crippen LogP contribution in [0.15, 0.2) is 65.4 Å². The molecule has 138 valence electrons. The van der Waals surface area contributed by atoms with Gasteiger partial charge in [-0.15, -0.1) is 35.9 Å². The van der Waals surface area contributed by atoms with Gasteiger partial charge in [0.1, 0.15) is 5.82 Å².